The predicted molar refractivity (Wildman–Crippen MR) is 154 cm³/mol. The highest BCUT2D eigenvalue weighted by Gasteiger charge is 2.14. The lowest BCUT2D eigenvalue weighted by atomic mass is 10.0. The van der Waals surface area contributed by atoms with Crippen LogP contribution in [-0.4, -0.2) is 9.13 Å². The highest BCUT2D eigenvalue weighted by Crippen LogP contribution is 2.32. The Kier molecular flexibility index (Phi) is 5.38. The van der Waals surface area contributed by atoms with Crippen molar-refractivity contribution in [3.63, 3.8) is 0 Å². The maximum atomic E-state index is 2.36. The first-order valence-corrected chi connectivity index (χ1v) is 12.6. The lowest BCUT2D eigenvalue weighted by Gasteiger charge is -2.12. The molecule has 0 fully saturated rings. The van der Waals surface area contributed by atoms with Crippen molar-refractivity contribution in [2.75, 3.05) is 0 Å². The Morgan fingerprint density at radius 1 is 0.528 bits per heavy atom. The van der Waals surface area contributed by atoms with Crippen LogP contribution >= 0.6 is 0 Å². The number of para-hydroxylation sites is 2. The highest BCUT2D eigenvalue weighted by molar-refractivity contribution is 5.92. The van der Waals surface area contributed by atoms with Gasteiger partial charge in [-0.25, -0.2) is 0 Å². The van der Waals surface area contributed by atoms with E-state index in [2.05, 4.69) is 146 Å². The van der Waals surface area contributed by atoms with Crippen molar-refractivity contribution in [2.45, 2.75) is 27.7 Å². The second-order valence-corrected chi connectivity index (χ2v) is 9.51. The zero-order chi connectivity index (χ0) is 24.8. The van der Waals surface area contributed by atoms with E-state index in [1.807, 2.05) is 0 Å². The minimum absolute atomic E-state index is 1.18. The molecular formula is C34H30N2. The van der Waals surface area contributed by atoms with Crippen LogP contribution in [0.3, 0.4) is 0 Å². The van der Waals surface area contributed by atoms with Gasteiger partial charge in [0.2, 0.25) is 0 Å². The SMILES string of the molecule is C/C=C\c1c(C)n(-c2ccc(-c3ccc(-n4c(C)c(C)c5ccccc54)cc3)cc2)c2ccccc12. The summed E-state index contributed by atoms with van der Waals surface area (Å²) in [7, 11) is 0. The average molecular weight is 467 g/mol. The molecule has 0 saturated carbocycles. The Balaban J connectivity index is 1.37. The Labute approximate surface area is 212 Å². The van der Waals surface area contributed by atoms with Crippen LogP contribution in [0.2, 0.25) is 0 Å². The minimum Gasteiger partial charge on any atom is -0.314 e. The summed E-state index contributed by atoms with van der Waals surface area (Å²) in [4.78, 5) is 0. The number of benzene rings is 4. The van der Waals surface area contributed by atoms with E-state index in [1.165, 1.54) is 66.8 Å². The van der Waals surface area contributed by atoms with Crippen molar-refractivity contribution in [3.05, 3.63) is 126 Å². The van der Waals surface area contributed by atoms with Gasteiger partial charge in [-0.1, -0.05) is 72.8 Å². The van der Waals surface area contributed by atoms with Crippen LogP contribution in [0.5, 0.6) is 0 Å². The third kappa shape index (κ3) is 3.41. The maximum absolute atomic E-state index is 2.36. The molecule has 36 heavy (non-hydrogen) atoms. The molecule has 0 amide bonds. The van der Waals surface area contributed by atoms with Crippen LogP contribution in [0.1, 0.15) is 29.4 Å². The van der Waals surface area contributed by atoms with E-state index >= 15 is 0 Å². The van der Waals surface area contributed by atoms with Crippen LogP contribution in [0.4, 0.5) is 0 Å². The molecule has 0 aliphatic carbocycles. The van der Waals surface area contributed by atoms with Gasteiger partial charge in [-0.2, -0.15) is 0 Å². The highest BCUT2D eigenvalue weighted by atomic mass is 15.0. The summed E-state index contributed by atoms with van der Waals surface area (Å²) in [6.07, 6.45) is 4.33. The van der Waals surface area contributed by atoms with Crippen molar-refractivity contribution >= 4 is 27.9 Å². The molecule has 6 aromatic rings. The normalized spacial score (nSPS) is 11.8. The zero-order valence-electron chi connectivity index (χ0n) is 21.3. The van der Waals surface area contributed by atoms with E-state index in [9.17, 15) is 0 Å². The van der Waals surface area contributed by atoms with Crippen molar-refractivity contribution in [3.8, 4) is 22.5 Å². The van der Waals surface area contributed by atoms with Crippen LogP contribution in [0.25, 0.3) is 50.4 Å². The third-order valence-corrected chi connectivity index (χ3v) is 7.51. The van der Waals surface area contributed by atoms with Crippen molar-refractivity contribution in [1.29, 1.82) is 0 Å². The number of rotatable bonds is 4. The first-order valence-electron chi connectivity index (χ1n) is 12.6. The molecule has 0 aliphatic rings. The lowest BCUT2D eigenvalue weighted by molar-refractivity contribution is 1.04. The molecular weight excluding hydrogens is 436 g/mol. The van der Waals surface area contributed by atoms with E-state index in [-0.39, 0.29) is 0 Å². The average Bonchev–Trinajstić information content (AvgIpc) is 3.34. The molecule has 0 bridgehead atoms. The molecule has 4 aromatic carbocycles. The summed E-state index contributed by atoms with van der Waals surface area (Å²) in [6, 6.07) is 35.1. The number of nitrogens with zero attached hydrogens (tertiary/aromatic N) is 2. The molecule has 0 unspecified atom stereocenters. The van der Waals surface area contributed by atoms with E-state index in [4.69, 9.17) is 0 Å². The van der Waals surface area contributed by atoms with E-state index in [0.717, 1.165) is 0 Å². The molecule has 176 valence electrons. The molecule has 2 aromatic heterocycles. The Hall–Kier alpha value is -4.30. The van der Waals surface area contributed by atoms with Crippen molar-refractivity contribution in [1.82, 2.24) is 9.13 Å². The fourth-order valence-electron chi connectivity index (χ4n) is 5.57. The van der Waals surface area contributed by atoms with Gasteiger partial charge in [0, 0.05) is 39.1 Å². The van der Waals surface area contributed by atoms with Gasteiger partial charge < -0.3 is 9.13 Å². The number of fused-ring (bicyclic) bond motifs is 2. The largest absolute Gasteiger partial charge is 0.314 e. The molecule has 0 atom stereocenters. The molecule has 0 N–H and O–H groups in total. The number of aromatic nitrogens is 2. The summed E-state index contributed by atoms with van der Waals surface area (Å²) >= 11 is 0. The minimum atomic E-state index is 1.18. The summed E-state index contributed by atoms with van der Waals surface area (Å²) in [6.45, 7) is 8.70. The maximum Gasteiger partial charge on any atom is 0.0537 e. The van der Waals surface area contributed by atoms with Gasteiger partial charge in [0.1, 0.15) is 0 Å². The van der Waals surface area contributed by atoms with Gasteiger partial charge in [0.05, 0.1) is 11.0 Å². The molecule has 2 nitrogen and oxygen atoms in total. The molecule has 2 heteroatoms. The first-order chi connectivity index (χ1) is 17.6. The smallest absolute Gasteiger partial charge is 0.0537 e. The number of hydrogen-bond donors (Lipinski definition) is 0. The number of allylic oxidation sites excluding steroid dienone is 1. The van der Waals surface area contributed by atoms with Gasteiger partial charge in [-0.05, 0) is 80.8 Å². The molecule has 0 aliphatic heterocycles. The van der Waals surface area contributed by atoms with E-state index < -0.39 is 0 Å². The monoisotopic (exact) mass is 466 g/mol. The van der Waals surface area contributed by atoms with Gasteiger partial charge in [0.15, 0.2) is 0 Å². The summed E-state index contributed by atoms with van der Waals surface area (Å²) in [5, 5.41) is 2.61. The quantitative estimate of drug-likeness (QED) is 0.245. The van der Waals surface area contributed by atoms with Crippen molar-refractivity contribution < 1.29 is 0 Å². The fraction of sp³-hybridized carbons (Fsp3) is 0.118. The molecule has 6 rings (SSSR count). The van der Waals surface area contributed by atoms with Crippen LogP contribution in [0.15, 0.2) is 103 Å². The molecule has 0 spiro atoms. The molecule has 0 saturated heterocycles. The van der Waals surface area contributed by atoms with Crippen LogP contribution in [0, 0.1) is 20.8 Å². The second-order valence-electron chi connectivity index (χ2n) is 9.51. The Morgan fingerprint density at radius 2 is 1.00 bits per heavy atom. The standard InChI is InChI=1S/C34H30N2/c1-5-10-31-25(4)36(34-14-9-7-12-32(31)34)29-21-17-27(18-22-29)26-15-19-28(20-16-26)35-24(3)23(2)30-11-6-8-13-33(30)35/h5-22H,1-4H3/b10-5-. The van der Waals surface area contributed by atoms with Gasteiger partial charge in [-0.3, -0.25) is 0 Å². The Morgan fingerprint density at radius 3 is 1.56 bits per heavy atom. The third-order valence-electron chi connectivity index (χ3n) is 7.51. The van der Waals surface area contributed by atoms with Gasteiger partial charge >= 0.3 is 0 Å². The summed E-state index contributed by atoms with van der Waals surface area (Å²) < 4.78 is 4.72. The molecule has 0 radical (unpaired) electrons. The number of aryl methyl sites for hydroxylation is 1. The first kappa shape index (κ1) is 22.2. The topological polar surface area (TPSA) is 9.86 Å². The van der Waals surface area contributed by atoms with E-state index in [1.54, 1.807) is 0 Å². The predicted octanol–water partition coefficient (Wildman–Crippen LogP) is 9.20. The van der Waals surface area contributed by atoms with Crippen molar-refractivity contribution in [2.24, 2.45) is 0 Å². The summed E-state index contributed by atoms with van der Waals surface area (Å²) in [5.74, 6) is 0. The Bertz CT molecular complexity index is 1740. The van der Waals surface area contributed by atoms with Gasteiger partial charge in [-0.15, -0.1) is 0 Å². The zero-order valence-corrected chi connectivity index (χ0v) is 21.3. The fourth-order valence-corrected chi connectivity index (χ4v) is 5.57. The van der Waals surface area contributed by atoms with Gasteiger partial charge in [0.25, 0.3) is 0 Å². The number of hydrogen-bond acceptors (Lipinski definition) is 0. The summed E-state index contributed by atoms with van der Waals surface area (Å²) in [5.41, 5.74) is 12.5. The van der Waals surface area contributed by atoms with Crippen LogP contribution < -0.4 is 0 Å². The lowest BCUT2D eigenvalue weighted by Crippen LogP contribution is -1.97. The van der Waals surface area contributed by atoms with E-state index in [0.29, 0.717) is 0 Å². The molecule has 2 heterocycles. The van der Waals surface area contributed by atoms with Crippen LogP contribution in [-0.2, 0) is 0 Å². The second kappa shape index (κ2) is 8.73.